The van der Waals surface area contributed by atoms with Crippen LogP contribution in [0.15, 0.2) is 36.4 Å². The summed E-state index contributed by atoms with van der Waals surface area (Å²) in [6.45, 7) is 4.69. The highest BCUT2D eigenvalue weighted by molar-refractivity contribution is 5.61. The number of imidazole rings is 1. The van der Waals surface area contributed by atoms with Gasteiger partial charge in [0.25, 0.3) is 0 Å². The fraction of sp³-hybridized carbons (Fsp3) is 0.250. The summed E-state index contributed by atoms with van der Waals surface area (Å²) in [6.07, 6.45) is 0.789. The second kappa shape index (κ2) is 5.06. The zero-order valence-electron chi connectivity index (χ0n) is 11.8. The summed E-state index contributed by atoms with van der Waals surface area (Å²) in [5, 5.41) is 4.71. The molecule has 2 heterocycles. The lowest BCUT2D eigenvalue weighted by Gasteiger charge is -2.04. The topological polar surface area (TPSA) is 56.2 Å². The lowest BCUT2D eigenvalue weighted by atomic mass is 10.1. The third-order valence-corrected chi connectivity index (χ3v) is 3.50. The summed E-state index contributed by atoms with van der Waals surface area (Å²) in [5.74, 6) is 0. The van der Waals surface area contributed by atoms with E-state index < -0.39 is 0 Å². The number of rotatable bonds is 3. The van der Waals surface area contributed by atoms with Gasteiger partial charge in [-0.1, -0.05) is 29.8 Å². The van der Waals surface area contributed by atoms with Crippen molar-refractivity contribution in [2.24, 2.45) is 5.73 Å². The van der Waals surface area contributed by atoms with Gasteiger partial charge in [0.2, 0.25) is 0 Å². The molecule has 0 aliphatic rings. The van der Waals surface area contributed by atoms with Crippen LogP contribution in [0.3, 0.4) is 0 Å². The average Bonchev–Trinajstić information content (AvgIpc) is 2.76. The summed E-state index contributed by atoms with van der Waals surface area (Å²) >= 11 is 0. The standard InChI is InChI=1S/C16H18N4/c1-11-3-5-13(6-4-11)14-7-8-16-18-12(2)15(9-10-17)20(16)19-14/h3-8H,9-10,17H2,1-2H3. The molecule has 4 heteroatoms. The van der Waals surface area contributed by atoms with Crippen molar-refractivity contribution in [3.63, 3.8) is 0 Å². The number of fused-ring (bicyclic) bond motifs is 1. The molecule has 0 spiro atoms. The molecule has 20 heavy (non-hydrogen) atoms. The zero-order valence-corrected chi connectivity index (χ0v) is 11.8. The van der Waals surface area contributed by atoms with E-state index in [1.54, 1.807) is 0 Å². The lowest BCUT2D eigenvalue weighted by Crippen LogP contribution is -2.08. The van der Waals surface area contributed by atoms with Crippen LogP contribution in [0, 0.1) is 13.8 Å². The van der Waals surface area contributed by atoms with Gasteiger partial charge in [0.15, 0.2) is 5.65 Å². The van der Waals surface area contributed by atoms with Gasteiger partial charge < -0.3 is 5.73 Å². The predicted octanol–water partition coefficient (Wildman–Crippen LogP) is 2.51. The van der Waals surface area contributed by atoms with E-state index in [4.69, 9.17) is 10.8 Å². The molecule has 0 radical (unpaired) electrons. The average molecular weight is 266 g/mol. The van der Waals surface area contributed by atoms with Gasteiger partial charge in [-0.25, -0.2) is 9.50 Å². The van der Waals surface area contributed by atoms with Crippen molar-refractivity contribution in [3.05, 3.63) is 53.3 Å². The van der Waals surface area contributed by atoms with E-state index in [2.05, 4.69) is 36.2 Å². The van der Waals surface area contributed by atoms with E-state index in [-0.39, 0.29) is 0 Å². The van der Waals surface area contributed by atoms with Crippen LogP contribution < -0.4 is 5.73 Å². The number of nitrogens with two attached hydrogens (primary N) is 1. The van der Waals surface area contributed by atoms with E-state index >= 15 is 0 Å². The third-order valence-electron chi connectivity index (χ3n) is 3.50. The minimum atomic E-state index is 0.602. The monoisotopic (exact) mass is 266 g/mol. The first-order chi connectivity index (χ1) is 9.69. The Morgan fingerprint density at radius 3 is 2.50 bits per heavy atom. The van der Waals surface area contributed by atoms with Crippen molar-refractivity contribution in [1.82, 2.24) is 14.6 Å². The van der Waals surface area contributed by atoms with Crippen molar-refractivity contribution in [1.29, 1.82) is 0 Å². The van der Waals surface area contributed by atoms with Gasteiger partial charge in [-0.3, -0.25) is 0 Å². The van der Waals surface area contributed by atoms with Crippen LogP contribution in [-0.4, -0.2) is 21.1 Å². The molecule has 0 fully saturated rings. The molecular formula is C16H18N4. The van der Waals surface area contributed by atoms with E-state index in [9.17, 15) is 0 Å². The van der Waals surface area contributed by atoms with Crippen LogP contribution in [0.4, 0.5) is 0 Å². The maximum atomic E-state index is 5.68. The van der Waals surface area contributed by atoms with E-state index in [1.807, 2.05) is 23.6 Å². The molecule has 0 saturated heterocycles. The first-order valence-corrected chi connectivity index (χ1v) is 6.81. The largest absolute Gasteiger partial charge is 0.330 e. The molecule has 102 valence electrons. The Hall–Kier alpha value is -2.20. The Morgan fingerprint density at radius 2 is 1.80 bits per heavy atom. The van der Waals surface area contributed by atoms with Gasteiger partial charge in [0, 0.05) is 12.0 Å². The molecule has 0 saturated carbocycles. The number of aromatic nitrogens is 3. The molecule has 0 aliphatic carbocycles. The summed E-state index contributed by atoms with van der Waals surface area (Å²) in [6, 6.07) is 12.4. The maximum absolute atomic E-state index is 5.68. The lowest BCUT2D eigenvalue weighted by molar-refractivity contribution is 0.823. The zero-order chi connectivity index (χ0) is 14.1. The Labute approximate surface area is 118 Å². The minimum Gasteiger partial charge on any atom is -0.330 e. The van der Waals surface area contributed by atoms with Crippen LogP contribution in [0.5, 0.6) is 0 Å². The Bertz CT molecular complexity index is 741. The van der Waals surface area contributed by atoms with Crippen LogP contribution in [-0.2, 0) is 6.42 Å². The second-order valence-electron chi connectivity index (χ2n) is 5.04. The molecule has 2 aromatic heterocycles. The molecule has 0 amide bonds. The number of aryl methyl sites for hydroxylation is 2. The molecule has 0 aliphatic heterocycles. The maximum Gasteiger partial charge on any atom is 0.154 e. The van der Waals surface area contributed by atoms with Crippen LogP contribution >= 0.6 is 0 Å². The number of nitrogens with zero attached hydrogens (tertiary/aromatic N) is 3. The molecule has 0 unspecified atom stereocenters. The third kappa shape index (κ3) is 2.18. The second-order valence-corrected chi connectivity index (χ2v) is 5.04. The van der Waals surface area contributed by atoms with Gasteiger partial charge in [-0.05, 0) is 32.5 Å². The van der Waals surface area contributed by atoms with Gasteiger partial charge in [-0.2, -0.15) is 5.10 Å². The molecule has 1 aromatic carbocycles. The van der Waals surface area contributed by atoms with Gasteiger partial charge >= 0.3 is 0 Å². The molecule has 3 aromatic rings. The fourth-order valence-corrected chi connectivity index (χ4v) is 2.39. The fourth-order valence-electron chi connectivity index (χ4n) is 2.39. The van der Waals surface area contributed by atoms with E-state index in [0.29, 0.717) is 6.54 Å². The van der Waals surface area contributed by atoms with E-state index in [1.165, 1.54) is 5.56 Å². The Kier molecular flexibility index (Phi) is 3.24. The quantitative estimate of drug-likeness (QED) is 0.792. The smallest absolute Gasteiger partial charge is 0.154 e. The van der Waals surface area contributed by atoms with Crippen molar-refractivity contribution in [2.75, 3.05) is 6.54 Å². The van der Waals surface area contributed by atoms with Crippen molar-refractivity contribution < 1.29 is 0 Å². The summed E-state index contributed by atoms with van der Waals surface area (Å²) in [7, 11) is 0. The first-order valence-electron chi connectivity index (χ1n) is 6.81. The van der Waals surface area contributed by atoms with Crippen LogP contribution in [0.1, 0.15) is 17.0 Å². The Morgan fingerprint density at radius 1 is 1.05 bits per heavy atom. The highest BCUT2D eigenvalue weighted by Gasteiger charge is 2.10. The van der Waals surface area contributed by atoms with Gasteiger partial charge in [-0.15, -0.1) is 0 Å². The minimum absolute atomic E-state index is 0.602. The SMILES string of the molecule is Cc1ccc(-c2ccc3nc(C)c(CCN)n3n2)cc1. The Balaban J connectivity index is 2.13. The number of hydrogen-bond acceptors (Lipinski definition) is 3. The first kappa shape index (κ1) is 12.8. The number of hydrogen-bond donors (Lipinski definition) is 1. The summed E-state index contributed by atoms with van der Waals surface area (Å²) in [5.41, 5.74) is 12.0. The highest BCUT2D eigenvalue weighted by atomic mass is 15.3. The summed E-state index contributed by atoms with van der Waals surface area (Å²) in [4.78, 5) is 4.53. The molecule has 3 rings (SSSR count). The van der Waals surface area contributed by atoms with Crippen molar-refractivity contribution in [3.8, 4) is 11.3 Å². The van der Waals surface area contributed by atoms with Gasteiger partial charge in [0.1, 0.15) is 0 Å². The number of benzene rings is 1. The molecule has 0 atom stereocenters. The predicted molar refractivity (Wildman–Crippen MR) is 80.7 cm³/mol. The molecule has 2 N–H and O–H groups in total. The molecular weight excluding hydrogens is 248 g/mol. The summed E-state index contributed by atoms with van der Waals surface area (Å²) < 4.78 is 1.91. The van der Waals surface area contributed by atoms with Crippen LogP contribution in [0.25, 0.3) is 16.9 Å². The van der Waals surface area contributed by atoms with E-state index in [0.717, 1.165) is 34.7 Å². The van der Waals surface area contributed by atoms with Crippen molar-refractivity contribution in [2.45, 2.75) is 20.3 Å². The van der Waals surface area contributed by atoms with Gasteiger partial charge in [0.05, 0.1) is 17.1 Å². The normalized spacial score (nSPS) is 11.2. The molecule has 4 nitrogen and oxygen atoms in total. The van der Waals surface area contributed by atoms with Crippen LogP contribution in [0.2, 0.25) is 0 Å². The molecule has 0 bridgehead atoms. The van der Waals surface area contributed by atoms with Crippen molar-refractivity contribution >= 4 is 5.65 Å². The highest BCUT2D eigenvalue weighted by Crippen LogP contribution is 2.19.